The summed E-state index contributed by atoms with van der Waals surface area (Å²) in [5, 5.41) is 4.10. The fraction of sp³-hybridized carbons (Fsp3) is 0.571. The fourth-order valence-corrected chi connectivity index (χ4v) is 2.62. The summed E-state index contributed by atoms with van der Waals surface area (Å²) >= 11 is 6.14. The summed E-state index contributed by atoms with van der Waals surface area (Å²) in [4.78, 5) is 0. The molecule has 1 N–H and O–H groups in total. The van der Waals surface area contributed by atoms with Gasteiger partial charge in [-0.3, -0.25) is 0 Å². The Balaban J connectivity index is 2.54. The Morgan fingerprint density at radius 2 is 2.06 bits per heavy atom. The van der Waals surface area contributed by atoms with Gasteiger partial charge in [0.1, 0.15) is 5.75 Å². The highest BCUT2D eigenvalue weighted by Crippen LogP contribution is 2.46. The minimum absolute atomic E-state index is 0.0940. The molecule has 0 amide bonds. The molecule has 0 saturated carbocycles. The van der Waals surface area contributed by atoms with Gasteiger partial charge in [0, 0.05) is 16.1 Å². The second-order valence-corrected chi connectivity index (χ2v) is 5.73. The predicted octanol–water partition coefficient (Wildman–Crippen LogP) is 2.61. The normalized spacial score (nSPS) is 18.3. The van der Waals surface area contributed by atoms with E-state index in [2.05, 4.69) is 19.2 Å². The van der Waals surface area contributed by atoms with Crippen molar-refractivity contribution in [1.82, 2.24) is 5.32 Å². The number of halogens is 1. The molecule has 0 aromatic heterocycles. The molecule has 1 aliphatic rings. The Morgan fingerprint density at radius 3 is 2.50 bits per heavy atom. The molecule has 1 aromatic carbocycles. The molecule has 0 atom stereocenters. The number of hydrogen-bond donors (Lipinski definition) is 1. The molecular weight excluding hydrogens is 250 g/mol. The number of rotatable bonds is 4. The van der Waals surface area contributed by atoms with E-state index in [0.717, 1.165) is 16.3 Å². The maximum absolute atomic E-state index is 6.14. The van der Waals surface area contributed by atoms with Crippen molar-refractivity contribution < 1.29 is 9.47 Å². The number of ether oxygens (including phenoxy) is 2. The van der Waals surface area contributed by atoms with Crippen LogP contribution in [0.4, 0.5) is 0 Å². The largest absolute Gasteiger partial charge is 0.496 e. The van der Waals surface area contributed by atoms with Gasteiger partial charge in [-0.25, -0.2) is 0 Å². The lowest BCUT2D eigenvalue weighted by Crippen LogP contribution is -2.65. The highest BCUT2D eigenvalue weighted by molar-refractivity contribution is 6.30. The standard InChI is InChI=1S/C14H20ClNO2/c1-13(2,16-3)14(8-18-9-14)11-7-10(15)5-6-12(11)17-4/h5-7,16H,8-9H2,1-4H3. The van der Waals surface area contributed by atoms with Crippen LogP contribution >= 0.6 is 11.6 Å². The zero-order valence-corrected chi connectivity index (χ0v) is 12.1. The van der Waals surface area contributed by atoms with Crippen molar-refractivity contribution in [2.75, 3.05) is 27.4 Å². The SMILES string of the molecule is CNC(C)(C)C1(c2cc(Cl)ccc2OC)COC1. The molecule has 1 aliphatic heterocycles. The van der Waals surface area contributed by atoms with Crippen LogP contribution in [0.25, 0.3) is 0 Å². The predicted molar refractivity (Wildman–Crippen MR) is 73.6 cm³/mol. The van der Waals surface area contributed by atoms with Crippen LogP contribution in [-0.4, -0.2) is 32.9 Å². The Morgan fingerprint density at radius 1 is 1.39 bits per heavy atom. The molecule has 0 spiro atoms. The molecule has 0 unspecified atom stereocenters. The van der Waals surface area contributed by atoms with E-state index in [-0.39, 0.29) is 11.0 Å². The summed E-state index contributed by atoms with van der Waals surface area (Å²) in [5.74, 6) is 0.867. The first-order chi connectivity index (χ1) is 8.47. The molecule has 0 radical (unpaired) electrons. The van der Waals surface area contributed by atoms with Gasteiger partial charge in [-0.15, -0.1) is 0 Å². The van der Waals surface area contributed by atoms with E-state index in [1.165, 1.54) is 0 Å². The molecule has 1 fully saturated rings. The maximum atomic E-state index is 6.14. The third-order valence-corrected chi connectivity index (χ3v) is 4.43. The van der Waals surface area contributed by atoms with Crippen LogP contribution in [0.5, 0.6) is 5.75 Å². The van der Waals surface area contributed by atoms with E-state index < -0.39 is 0 Å². The minimum Gasteiger partial charge on any atom is -0.496 e. The fourth-order valence-electron chi connectivity index (χ4n) is 2.45. The summed E-state index contributed by atoms with van der Waals surface area (Å²) in [6, 6.07) is 5.76. The molecule has 1 saturated heterocycles. The first-order valence-corrected chi connectivity index (χ1v) is 6.45. The third-order valence-electron chi connectivity index (χ3n) is 4.20. The highest BCUT2D eigenvalue weighted by atomic mass is 35.5. The molecule has 3 nitrogen and oxygen atoms in total. The van der Waals surface area contributed by atoms with Gasteiger partial charge < -0.3 is 14.8 Å². The van der Waals surface area contributed by atoms with Crippen LogP contribution in [0.2, 0.25) is 5.02 Å². The van der Waals surface area contributed by atoms with Crippen molar-refractivity contribution in [3.8, 4) is 5.75 Å². The van der Waals surface area contributed by atoms with Crippen LogP contribution in [0.3, 0.4) is 0 Å². The Bertz CT molecular complexity index is 441. The van der Waals surface area contributed by atoms with Crippen LogP contribution in [0.15, 0.2) is 18.2 Å². The van der Waals surface area contributed by atoms with Crippen LogP contribution < -0.4 is 10.1 Å². The van der Waals surface area contributed by atoms with Gasteiger partial charge >= 0.3 is 0 Å². The number of methoxy groups -OCH3 is 1. The topological polar surface area (TPSA) is 30.5 Å². The molecule has 0 aliphatic carbocycles. The number of likely N-dealkylation sites (N-methyl/N-ethyl adjacent to an activating group) is 1. The lowest BCUT2D eigenvalue weighted by Gasteiger charge is -2.53. The Hall–Kier alpha value is -0.770. The van der Waals surface area contributed by atoms with Gasteiger partial charge in [0.05, 0.1) is 25.7 Å². The molecule has 1 heterocycles. The second kappa shape index (κ2) is 4.72. The summed E-state index contributed by atoms with van der Waals surface area (Å²) < 4.78 is 11.0. The summed E-state index contributed by atoms with van der Waals surface area (Å²) in [7, 11) is 3.66. The lowest BCUT2D eigenvalue weighted by atomic mass is 9.65. The van der Waals surface area contributed by atoms with E-state index in [1.807, 2.05) is 25.2 Å². The van der Waals surface area contributed by atoms with Crippen molar-refractivity contribution >= 4 is 11.6 Å². The molecule has 100 valence electrons. The molecule has 4 heteroatoms. The number of benzene rings is 1. The monoisotopic (exact) mass is 269 g/mol. The van der Waals surface area contributed by atoms with E-state index in [0.29, 0.717) is 13.2 Å². The lowest BCUT2D eigenvalue weighted by molar-refractivity contribution is -0.0999. The Labute approximate surface area is 113 Å². The van der Waals surface area contributed by atoms with E-state index in [4.69, 9.17) is 21.1 Å². The van der Waals surface area contributed by atoms with Gasteiger partial charge in [0.25, 0.3) is 0 Å². The van der Waals surface area contributed by atoms with Gasteiger partial charge in [-0.2, -0.15) is 0 Å². The first-order valence-electron chi connectivity index (χ1n) is 6.07. The van der Waals surface area contributed by atoms with E-state index in [1.54, 1.807) is 7.11 Å². The van der Waals surface area contributed by atoms with Crippen molar-refractivity contribution in [3.63, 3.8) is 0 Å². The third kappa shape index (κ3) is 1.91. The number of hydrogen-bond acceptors (Lipinski definition) is 3. The minimum atomic E-state index is -0.0992. The zero-order chi connectivity index (χ0) is 13.4. The van der Waals surface area contributed by atoms with Crippen molar-refractivity contribution in [1.29, 1.82) is 0 Å². The maximum Gasteiger partial charge on any atom is 0.122 e. The summed E-state index contributed by atoms with van der Waals surface area (Å²) in [5.41, 5.74) is 0.921. The quantitative estimate of drug-likeness (QED) is 0.912. The van der Waals surface area contributed by atoms with E-state index >= 15 is 0 Å². The van der Waals surface area contributed by atoms with Crippen molar-refractivity contribution in [2.24, 2.45) is 0 Å². The first kappa shape index (κ1) is 13.7. The molecule has 1 aromatic rings. The molecule has 18 heavy (non-hydrogen) atoms. The Kier molecular flexibility index (Phi) is 3.58. The smallest absolute Gasteiger partial charge is 0.122 e. The second-order valence-electron chi connectivity index (χ2n) is 5.29. The zero-order valence-electron chi connectivity index (χ0n) is 11.3. The van der Waals surface area contributed by atoms with Gasteiger partial charge in [0.2, 0.25) is 0 Å². The summed E-state index contributed by atoms with van der Waals surface area (Å²) in [6.45, 7) is 5.71. The number of nitrogens with one attached hydrogen (secondary N) is 1. The van der Waals surface area contributed by atoms with Crippen LogP contribution in [0, 0.1) is 0 Å². The van der Waals surface area contributed by atoms with E-state index in [9.17, 15) is 0 Å². The highest BCUT2D eigenvalue weighted by Gasteiger charge is 2.53. The molecular formula is C14H20ClNO2. The van der Waals surface area contributed by atoms with Gasteiger partial charge in [-0.05, 0) is 39.1 Å². The molecule has 2 rings (SSSR count). The summed E-state index contributed by atoms with van der Waals surface area (Å²) in [6.07, 6.45) is 0. The van der Waals surface area contributed by atoms with Crippen LogP contribution in [-0.2, 0) is 10.2 Å². The van der Waals surface area contributed by atoms with Crippen LogP contribution in [0.1, 0.15) is 19.4 Å². The van der Waals surface area contributed by atoms with Gasteiger partial charge in [0.15, 0.2) is 0 Å². The van der Waals surface area contributed by atoms with Crippen molar-refractivity contribution in [2.45, 2.75) is 24.8 Å². The van der Waals surface area contributed by atoms with Crippen molar-refractivity contribution in [3.05, 3.63) is 28.8 Å². The average Bonchev–Trinajstić information content (AvgIpc) is 2.27. The average molecular weight is 270 g/mol. The van der Waals surface area contributed by atoms with Gasteiger partial charge in [-0.1, -0.05) is 11.6 Å². The molecule has 0 bridgehead atoms.